The van der Waals surface area contributed by atoms with E-state index in [4.69, 9.17) is 0 Å². The van der Waals surface area contributed by atoms with Gasteiger partial charge in [-0.05, 0) is 66.7 Å². The van der Waals surface area contributed by atoms with E-state index in [9.17, 15) is 18.9 Å². The number of piperazine rings is 1. The normalized spacial score (nSPS) is 24.8. The van der Waals surface area contributed by atoms with Gasteiger partial charge in [-0.1, -0.05) is 51.1 Å². The molecule has 4 heterocycles. The van der Waals surface area contributed by atoms with Crippen LogP contribution >= 0.6 is 0 Å². The first kappa shape index (κ1) is 32.7. The first-order chi connectivity index (χ1) is 22.0. The summed E-state index contributed by atoms with van der Waals surface area (Å²) in [4.78, 5) is 50.7. The highest BCUT2D eigenvalue weighted by atomic mass is 32.2. The van der Waals surface area contributed by atoms with Crippen LogP contribution in [0.5, 0.6) is 0 Å². The van der Waals surface area contributed by atoms with Crippen LogP contribution in [0.2, 0.25) is 0 Å². The third kappa shape index (κ3) is 6.87. The Hall–Kier alpha value is -3.28. The number of likely N-dealkylation sites (N-methyl/N-ethyl adjacent to an activating group) is 1. The highest BCUT2D eigenvalue weighted by Crippen LogP contribution is 2.43. The summed E-state index contributed by atoms with van der Waals surface area (Å²) < 4.78 is 14.4. The highest BCUT2D eigenvalue weighted by molar-refractivity contribution is 7.93. The number of urea groups is 1. The van der Waals surface area contributed by atoms with Crippen LogP contribution in [0, 0.1) is 5.41 Å². The topological polar surface area (TPSA) is 102 Å². The van der Waals surface area contributed by atoms with E-state index in [2.05, 4.69) is 49.0 Å². The van der Waals surface area contributed by atoms with Crippen molar-refractivity contribution in [3.63, 3.8) is 0 Å². The fourth-order valence-corrected chi connectivity index (χ4v) is 8.95. The first-order valence-electron chi connectivity index (χ1n) is 16.7. The number of nitrogens with zero attached hydrogens (tertiary/aromatic N) is 5. The van der Waals surface area contributed by atoms with Crippen LogP contribution in [0.4, 0.5) is 16.2 Å². The second kappa shape index (κ2) is 13.4. The monoisotopic (exact) mass is 648 g/mol. The molecule has 3 unspecified atom stereocenters. The number of rotatable bonds is 7. The van der Waals surface area contributed by atoms with E-state index in [0.29, 0.717) is 39.0 Å². The van der Waals surface area contributed by atoms with Crippen molar-refractivity contribution in [3.8, 4) is 0 Å². The van der Waals surface area contributed by atoms with Crippen molar-refractivity contribution < 1.29 is 18.9 Å². The summed E-state index contributed by atoms with van der Waals surface area (Å²) in [6.45, 7) is 12.1. The molecule has 3 fully saturated rings. The minimum atomic E-state index is -1.59. The van der Waals surface area contributed by atoms with Gasteiger partial charge in [-0.25, -0.2) is 4.79 Å². The summed E-state index contributed by atoms with van der Waals surface area (Å²) in [6, 6.07) is 15.8. The Balaban J connectivity index is 1.15. The Morgan fingerprint density at radius 1 is 0.957 bits per heavy atom. The Morgan fingerprint density at radius 3 is 2.35 bits per heavy atom. The van der Waals surface area contributed by atoms with Gasteiger partial charge in [-0.2, -0.15) is 0 Å². The molecular formula is C35H48N6O4S. The minimum absolute atomic E-state index is 0.00508. The molecule has 4 amide bonds. The van der Waals surface area contributed by atoms with Gasteiger partial charge in [0.05, 0.1) is 6.42 Å². The summed E-state index contributed by atoms with van der Waals surface area (Å²) in [5, 5.41) is 1.53. The molecule has 1 N–H and O–H groups in total. The maximum absolute atomic E-state index is 14.4. The summed E-state index contributed by atoms with van der Waals surface area (Å²) in [5.74, 6) is -0.324. The quantitative estimate of drug-likeness (QED) is 0.451. The van der Waals surface area contributed by atoms with Gasteiger partial charge in [0.1, 0.15) is 0 Å². The molecule has 0 radical (unpaired) electrons. The second-order valence-corrected chi connectivity index (χ2v) is 16.1. The molecule has 2 aromatic carbocycles. The van der Waals surface area contributed by atoms with Crippen molar-refractivity contribution in [1.82, 2.24) is 19.6 Å². The molecule has 4 aliphatic heterocycles. The predicted molar refractivity (Wildman–Crippen MR) is 182 cm³/mol. The molecule has 2 aromatic rings. The molecular weight excluding hydrogens is 600 g/mol. The summed E-state index contributed by atoms with van der Waals surface area (Å²) in [6.07, 6.45) is 2.04. The number of amides is 4. The molecule has 11 heteroatoms. The number of carbonyl (C=O) groups is 3. The largest absolute Gasteiger partial charge is 0.614 e. The molecule has 4 aliphatic rings. The van der Waals surface area contributed by atoms with E-state index in [-0.39, 0.29) is 35.7 Å². The zero-order valence-electron chi connectivity index (χ0n) is 27.6. The van der Waals surface area contributed by atoms with Gasteiger partial charge in [0.25, 0.3) is 5.91 Å². The van der Waals surface area contributed by atoms with E-state index in [1.165, 1.54) is 0 Å². The number of hydrogen-bond acceptors (Lipinski definition) is 6. The summed E-state index contributed by atoms with van der Waals surface area (Å²) in [7, 11) is 2.12. The van der Waals surface area contributed by atoms with Gasteiger partial charge in [-0.15, -0.1) is 0 Å². The number of anilines is 2. The lowest BCUT2D eigenvalue weighted by molar-refractivity contribution is -0.137. The molecule has 0 aromatic heterocycles. The van der Waals surface area contributed by atoms with E-state index in [1.54, 1.807) is 9.80 Å². The molecule has 3 saturated heterocycles. The van der Waals surface area contributed by atoms with E-state index in [1.807, 2.05) is 47.4 Å². The number of likely N-dealkylation sites (tertiary alicyclic amines) is 1. The molecule has 6 rings (SSSR count). The third-order valence-electron chi connectivity index (χ3n) is 9.97. The zero-order chi connectivity index (χ0) is 32.6. The van der Waals surface area contributed by atoms with Crippen molar-refractivity contribution >= 4 is 40.4 Å². The van der Waals surface area contributed by atoms with Crippen LogP contribution in [0.25, 0.3) is 0 Å². The van der Waals surface area contributed by atoms with Crippen LogP contribution in [0.3, 0.4) is 0 Å². The smallest absolute Gasteiger partial charge is 0.322 e. The SMILES string of the molecule is CN1CCN(c2ccccc2C2N(CCC(C)(C)C)C(=O)C(CC(=O)N3CCC(N4Cc5ccccc5NC4=O)CC3)[S+]2[O-])CC1. The van der Waals surface area contributed by atoms with Crippen LogP contribution < -0.4 is 10.2 Å². The molecule has 3 atom stereocenters. The Kier molecular flexibility index (Phi) is 9.55. The van der Waals surface area contributed by atoms with Crippen molar-refractivity contribution in [3.05, 3.63) is 59.7 Å². The molecule has 0 saturated carbocycles. The lowest BCUT2D eigenvalue weighted by Gasteiger charge is -2.40. The minimum Gasteiger partial charge on any atom is -0.614 e. The van der Waals surface area contributed by atoms with Crippen LogP contribution in [-0.4, -0.2) is 106 Å². The highest BCUT2D eigenvalue weighted by Gasteiger charge is 2.54. The zero-order valence-corrected chi connectivity index (χ0v) is 28.4. The third-order valence-corrected chi connectivity index (χ3v) is 11.8. The number of para-hydroxylation sites is 2. The van der Waals surface area contributed by atoms with Crippen LogP contribution in [0.1, 0.15) is 63.0 Å². The number of carbonyl (C=O) groups excluding carboxylic acids is 3. The molecule has 0 bridgehead atoms. The van der Waals surface area contributed by atoms with Crippen molar-refractivity contribution in [2.24, 2.45) is 5.41 Å². The summed E-state index contributed by atoms with van der Waals surface area (Å²) in [5.41, 5.74) is 3.87. The average Bonchev–Trinajstić information content (AvgIpc) is 3.27. The summed E-state index contributed by atoms with van der Waals surface area (Å²) >= 11 is -1.59. The fraction of sp³-hybridized carbons (Fsp3) is 0.571. The van der Waals surface area contributed by atoms with Gasteiger partial charge < -0.3 is 29.5 Å². The lowest BCUT2D eigenvalue weighted by atomic mass is 9.92. The van der Waals surface area contributed by atoms with Crippen LogP contribution in [0.15, 0.2) is 48.5 Å². The van der Waals surface area contributed by atoms with Crippen molar-refractivity contribution in [1.29, 1.82) is 0 Å². The number of fused-ring (bicyclic) bond motifs is 1. The molecule has 0 aliphatic carbocycles. The van der Waals surface area contributed by atoms with Crippen LogP contribution in [-0.2, 0) is 27.3 Å². The average molecular weight is 649 g/mol. The fourth-order valence-electron chi connectivity index (χ4n) is 7.09. The lowest BCUT2D eigenvalue weighted by Crippen LogP contribution is -2.51. The van der Waals surface area contributed by atoms with Gasteiger partial charge in [-0.3, -0.25) is 14.5 Å². The van der Waals surface area contributed by atoms with Gasteiger partial charge in [0.2, 0.25) is 16.5 Å². The maximum Gasteiger partial charge on any atom is 0.322 e. The first-order valence-corrected chi connectivity index (χ1v) is 17.9. The standard InChI is InChI=1S/C35H48N6O4S/c1-35(2,3)15-18-40-32(43)30(46(45)33(40)27-10-6-8-12-29(27)38-21-19-37(4)20-22-38)23-31(42)39-16-13-26(14-17-39)41-24-25-9-5-7-11-28(25)36-34(41)44/h5-12,26,30,33H,13-24H2,1-4H3,(H,36,44). The number of benzene rings is 2. The van der Waals surface area contributed by atoms with Crippen molar-refractivity contribution in [2.75, 3.05) is 63.1 Å². The van der Waals surface area contributed by atoms with E-state index < -0.39 is 21.8 Å². The van der Waals surface area contributed by atoms with E-state index >= 15 is 0 Å². The maximum atomic E-state index is 14.4. The van der Waals surface area contributed by atoms with Gasteiger partial charge in [0, 0.05) is 75.3 Å². The number of nitrogens with one attached hydrogen (secondary N) is 1. The van der Waals surface area contributed by atoms with Crippen molar-refractivity contribution in [2.45, 2.75) is 69.7 Å². The molecule has 0 spiro atoms. The Morgan fingerprint density at radius 2 is 1.63 bits per heavy atom. The molecule has 248 valence electrons. The van der Waals surface area contributed by atoms with E-state index in [0.717, 1.165) is 55.1 Å². The molecule has 10 nitrogen and oxygen atoms in total. The Bertz CT molecular complexity index is 1430. The second-order valence-electron chi connectivity index (χ2n) is 14.4. The number of piperidine rings is 1. The van der Waals surface area contributed by atoms with Gasteiger partial charge >= 0.3 is 6.03 Å². The Labute approximate surface area is 276 Å². The van der Waals surface area contributed by atoms with Gasteiger partial charge in [0.15, 0.2) is 0 Å². The predicted octanol–water partition coefficient (Wildman–Crippen LogP) is 4.26. The number of hydrogen-bond donors (Lipinski definition) is 1. The molecule has 46 heavy (non-hydrogen) atoms.